The van der Waals surface area contributed by atoms with Crippen LogP contribution in [-0.4, -0.2) is 25.3 Å². The third kappa shape index (κ3) is 3.19. The van der Waals surface area contributed by atoms with Crippen LogP contribution in [0.3, 0.4) is 0 Å². The zero-order valence-corrected chi connectivity index (χ0v) is 13.9. The Labute approximate surface area is 131 Å². The van der Waals surface area contributed by atoms with Gasteiger partial charge in [0.2, 0.25) is 0 Å². The second kappa shape index (κ2) is 5.80. The number of rotatable bonds is 4. The molecule has 1 atom stereocenters. The Balaban J connectivity index is 2.43. The summed E-state index contributed by atoms with van der Waals surface area (Å²) < 4.78 is 16.6. The van der Waals surface area contributed by atoms with Crippen molar-refractivity contribution in [3.05, 3.63) is 23.8 Å². The van der Waals surface area contributed by atoms with E-state index in [-0.39, 0.29) is 0 Å². The van der Waals surface area contributed by atoms with Gasteiger partial charge < -0.3 is 19.9 Å². The van der Waals surface area contributed by atoms with Gasteiger partial charge >= 0.3 is 5.97 Å². The Bertz CT molecular complexity index is 568. The van der Waals surface area contributed by atoms with E-state index in [1.54, 1.807) is 12.1 Å². The number of esters is 1. The summed E-state index contributed by atoms with van der Waals surface area (Å²) in [6, 6.07) is 5.42. The molecule has 0 fully saturated rings. The minimum atomic E-state index is -1.23. The van der Waals surface area contributed by atoms with Crippen LogP contribution in [0.5, 0.6) is 11.5 Å². The van der Waals surface area contributed by atoms with Crippen LogP contribution in [0.4, 0.5) is 0 Å². The fourth-order valence-corrected chi connectivity index (χ4v) is 2.76. The van der Waals surface area contributed by atoms with Crippen LogP contribution in [0, 0.1) is 5.92 Å². The average molecular weight is 307 g/mol. The van der Waals surface area contributed by atoms with Crippen LogP contribution >= 0.6 is 0 Å². The minimum absolute atomic E-state index is 0.341. The van der Waals surface area contributed by atoms with Gasteiger partial charge in [0.05, 0.1) is 13.7 Å². The Morgan fingerprint density at radius 3 is 2.68 bits per heavy atom. The van der Waals surface area contributed by atoms with Gasteiger partial charge in [-0.25, -0.2) is 4.79 Å². The summed E-state index contributed by atoms with van der Waals surface area (Å²) >= 11 is 0. The maximum atomic E-state index is 12.3. The lowest BCUT2D eigenvalue weighted by Crippen LogP contribution is -2.54. The molecule has 2 N–H and O–H groups in total. The van der Waals surface area contributed by atoms with Crippen LogP contribution in [0.1, 0.15) is 39.7 Å². The standard InChI is InChI=1S/C17H25NO4/c1-11(2)9-21-12-6-7-14-13(8-12)17(18,15(19)20-5)10-16(3,4)22-14/h6-8,11H,9-10,18H2,1-5H3. The Morgan fingerprint density at radius 1 is 1.41 bits per heavy atom. The summed E-state index contributed by atoms with van der Waals surface area (Å²) in [5.74, 6) is 1.22. The van der Waals surface area contributed by atoms with Crippen molar-refractivity contribution < 1.29 is 19.0 Å². The van der Waals surface area contributed by atoms with E-state index in [2.05, 4.69) is 13.8 Å². The van der Waals surface area contributed by atoms with Crippen LogP contribution in [0.2, 0.25) is 0 Å². The molecule has 0 saturated carbocycles. The van der Waals surface area contributed by atoms with Crippen molar-refractivity contribution in [1.82, 2.24) is 0 Å². The summed E-state index contributed by atoms with van der Waals surface area (Å²) in [7, 11) is 1.35. The van der Waals surface area contributed by atoms with Gasteiger partial charge in [0, 0.05) is 12.0 Å². The van der Waals surface area contributed by atoms with Crippen LogP contribution < -0.4 is 15.2 Å². The number of benzene rings is 1. The molecule has 1 aromatic carbocycles. The van der Waals surface area contributed by atoms with E-state index >= 15 is 0 Å². The van der Waals surface area contributed by atoms with Gasteiger partial charge in [0.1, 0.15) is 22.6 Å². The number of carbonyl (C=O) groups excluding carboxylic acids is 1. The molecule has 0 amide bonds. The van der Waals surface area contributed by atoms with Crippen molar-refractivity contribution in [2.45, 2.75) is 45.3 Å². The largest absolute Gasteiger partial charge is 0.493 e. The fraction of sp³-hybridized carbons (Fsp3) is 0.588. The van der Waals surface area contributed by atoms with Gasteiger partial charge in [-0.3, -0.25) is 0 Å². The van der Waals surface area contributed by atoms with Gasteiger partial charge in [-0.2, -0.15) is 0 Å². The molecule has 0 spiro atoms. The molecule has 0 aromatic heterocycles. The highest BCUT2D eigenvalue weighted by Gasteiger charge is 2.49. The van der Waals surface area contributed by atoms with Gasteiger partial charge in [-0.1, -0.05) is 13.8 Å². The summed E-state index contributed by atoms with van der Waals surface area (Å²) in [4.78, 5) is 12.3. The molecular weight excluding hydrogens is 282 g/mol. The summed E-state index contributed by atoms with van der Waals surface area (Å²) in [5, 5.41) is 0. The number of hydrogen-bond donors (Lipinski definition) is 1. The summed E-state index contributed by atoms with van der Waals surface area (Å²) in [6.45, 7) is 8.56. The summed E-state index contributed by atoms with van der Waals surface area (Å²) in [5.41, 5.74) is 5.25. The molecule has 1 aromatic rings. The van der Waals surface area contributed by atoms with Crippen molar-refractivity contribution >= 4 is 5.97 Å². The molecule has 22 heavy (non-hydrogen) atoms. The van der Waals surface area contributed by atoms with Gasteiger partial charge in [-0.15, -0.1) is 0 Å². The zero-order chi connectivity index (χ0) is 16.5. The zero-order valence-electron chi connectivity index (χ0n) is 13.9. The first-order valence-electron chi connectivity index (χ1n) is 7.51. The monoisotopic (exact) mass is 307 g/mol. The van der Waals surface area contributed by atoms with E-state index in [4.69, 9.17) is 19.9 Å². The molecule has 1 unspecified atom stereocenters. The van der Waals surface area contributed by atoms with E-state index in [0.29, 0.717) is 36.0 Å². The van der Waals surface area contributed by atoms with E-state index in [1.165, 1.54) is 7.11 Å². The highest BCUT2D eigenvalue weighted by Crippen LogP contribution is 2.44. The molecule has 1 heterocycles. The fourth-order valence-electron chi connectivity index (χ4n) is 2.76. The Kier molecular flexibility index (Phi) is 4.38. The van der Waals surface area contributed by atoms with Crippen molar-refractivity contribution in [3.8, 4) is 11.5 Å². The molecule has 1 aliphatic rings. The van der Waals surface area contributed by atoms with Gasteiger partial charge in [-0.05, 0) is 38.0 Å². The predicted octanol–water partition coefficient (Wildman–Crippen LogP) is 2.61. The first kappa shape index (κ1) is 16.6. The number of ether oxygens (including phenoxy) is 3. The molecule has 0 aliphatic carbocycles. The predicted molar refractivity (Wildman–Crippen MR) is 84.0 cm³/mol. The van der Waals surface area contributed by atoms with E-state index in [1.807, 2.05) is 19.9 Å². The summed E-state index contributed by atoms with van der Waals surface area (Å²) in [6.07, 6.45) is 0.341. The van der Waals surface area contributed by atoms with Crippen molar-refractivity contribution in [2.24, 2.45) is 11.7 Å². The molecular formula is C17H25NO4. The van der Waals surface area contributed by atoms with E-state index in [9.17, 15) is 4.79 Å². The quantitative estimate of drug-likeness (QED) is 0.866. The maximum Gasteiger partial charge on any atom is 0.330 e. The topological polar surface area (TPSA) is 70.8 Å². The minimum Gasteiger partial charge on any atom is -0.493 e. The van der Waals surface area contributed by atoms with Crippen molar-refractivity contribution in [3.63, 3.8) is 0 Å². The molecule has 2 rings (SSSR count). The molecule has 122 valence electrons. The van der Waals surface area contributed by atoms with E-state index in [0.717, 1.165) is 0 Å². The van der Waals surface area contributed by atoms with Crippen molar-refractivity contribution in [2.75, 3.05) is 13.7 Å². The highest BCUT2D eigenvalue weighted by molar-refractivity contribution is 5.84. The van der Waals surface area contributed by atoms with Gasteiger partial charge in [0.15, 0.2) is 0 Å². The lowest BCUT2D eigenvalue weighted by molar-refractivity contribution is -0.151. The molecule has 5 nitrogen and oxygen atoms in total. The first-order chi connectivity index (χ1) is 10.2. The SMILES string of the molecule is COC(=O)C1(N)CC(C)(C)Oc2ccc(OCC(C)C)cc21. The Morgan fingerprint density at radius 2 is 2.09 bits per heavy atom. The molecule has 5 heteroatoms. The number of methoxy groups -OCH3 is 1. The first-order valence-corrected chi connectivity index (χ1v) is 7.51. The third-order valence-corrected chi connectivity index (χ3v) is 3.66. The Hall–Kier alpha value is -1.75. The molecule has 0 saturated heterocycles. The van der Waals surface area contributed by atoms with Crippen LogP contribution in [0.15, 0.2) is 18.2 Å². The normalized spacial score (nSPS) is 22.7. The molecule has 0 bridgehead atoms. The lowest BCUT2D eigenvalue weighted by Gasteiger charge is -2.42. The average Bonchev–Trinajstić information content (AvgIpc) is 2.43. The highest BCUT2D eigenvalue weighted by atomic mass is 16.5. The third-order valence-electron chi connectivity index (χ3n) is 3.66. The van der Waals surface area contributed by atoms with Crippen LogP contribution in [0.25, 0.3) is 0 Å². The molecule has 1 aliphatic heterocycles. The van der Waals surface area contributed by atoms with E-state index < -0.39 is 17.1 Å². The second-order valence-corrected chi connectivity index (χ2v) is 6.86. The molecule has 0 radical (unpaired) electrons. The number of fused-ring (bicyclic) bond motifs is 1. The number of carbonyl (C=O) groups is 1. The van der Waals surface area contributed by atoms with Gasteiger partial charge in [0.25, 0.3) is 0 Å². The maximum absolute atomic E-state index is 12.3. The number of nitrogens with two attached hydrogens (primary N) is 1. The van der Waals surface area contributed by atoms with Crippen molar-refractivity contribution in [1.29, 1.82) is 0 Å². The second-order valence-electron chi connectivity index (χ2n) is 6.86. The lowest BCUT2D eigenvalue weighted by atomic mass is 9.78. The van der Waals surface area contributed by atoms with Crippen LogP contribution in [-0.2, 0) is 15.1 Å². The smallest absolute Gasteiger partial charge is 0.330 e. The number of hydrogen-bond acceptors (Lipinski definition) is 5.